The summed E-state index contributed by atoms with van der Waals surface area (Å²) in [6.45, 7) is 1.00. The maximum atomic E-state index is 14.6. The highest BCUT2D eigenvalue weighted by Gasteiger charge is 2.25. The van der Waals surface area contributed by atoms with Gasteiger partial charge in [-0.25, -0.2) is 26.5 Å². The summed E-state index contributed by atoms with van der Waals surface area (Å²) >= 11 is 0. The predicted octanol–water partition coefficient (Wildman–Crippen LogP) is 2.58. The Bertz CT molecular complexity index is 1500. The summed E-state index contributed by atoms with van der Waals surface area (Å²) in [7, 11) is -1.89. The molecular weight excluding hydrogens is 522 g/mol. The second-order valence-electron chi connectivity index (χ2n) is 9.08. The summed E-state index contributed by atoms with van der Waals surface area (Å²) in [6, 6.07) is 6.53. The van der Waals surface area contributed by atoms with Crippen LogP contribution >= 0.6 is 0 Å². The third kappa shape index (κ3) is 6.27. The molecule has 0 spiro atoms. The van der Waals surface area contributed by atoms with Crippen molar-refractivity contribution in [2.24, 2.45) is 5.92 Å². The Morgan fingerprint density at radius 3 is 2.58 bits per heavy atom. The smallest absolute Gasteiger partial charge is 0.287 e. The number of hydrogen-bond donors (Lipinski definition) is 2. The van der Waals surface area contributed by atoms with Gasteiger partial charge in [0, 0.05) is 19.6 Å². The number of nitrogens with zero attached hydrogens (tertiary/aromatic N) is 2. The van der Waals surface area contributed by atoms with Crippen molar-refractivity contribution in [3.63, 3.8) is 0 Å². The van der Waals surface area contributed by atoms with Crippen LogP contribution in [0.25, 0.3) is 10.9 Å². The first-order valence-electron chi connectivity index (χ1n) is 12.0. The molecule has 2 N–H and O–H groups in total. The fraction of sp³-hybridized carbons (Fsp3) is 0.400. The zero-order valence-corrected chi connectivity index (χ0v) is 21.7. The minimum absolute atomic E-state index is 0.0259. The molecule has 2 aromatic carbocycles. The Kier molecular flexibility index (Phi) is 8.26. The summed E-state index contributed by atoms with van der Waals surface area (Å²) in [6.07, 6.45) is 3.08. The van der Waals surface area contributed by atoms with E-state index in [9.17, 15) is 26.8 Å². The van der Waals surface area contributed by atoms with Gasteiger partial charge in [0.05, 0.1) is 25.5 Å². The Hall–Kier alpha value is -3.58. The number of amides is 1. The number of halogens is 2. The second-order valence-corrected chi connectivity index (χ2v) is 11.1. The molecule has 1 aliphatic rings. The number of rotatable bonds is 9. The van der Waals surface area contributed by atoms with E-state index < -0.39 is 33.1 Å². The lowest BCUT2D eigenvalue weighted by molar-refractivity contribution is 0.0940. The largest absolute Gasteiger partial charge is 0.494 e. The van der Waals surface area contributed by atoms with E-state index in [4.69, 9.17) is 9.47 Å². The van der Waals surface area contributed by atoms with Crippen LogP contribution in [0.4, 0.5) is 8.78 Å². The van der Waals surface area contributed by atoms with Crippen molar-refractivity contribution in [2.75, 3.05) is 33.1 Å². The molecule has 0 bridgehead atoms. The van der Waals surface area contributed by atoms with Crippen LogP contribution in [0.5, 0.6) is 11.5 Å². The number of nitrogens with one attached hydrogen (secondary N) is 2. The zero-order chi connectivity index (χ0) is 27.4. The average Bonchev–Trinajstić information content (AvgIpc) is 2.89. The third-order valence-corrected chi connectivity index (χ3v) is 7.78. The number of methoxy groups -OCH3 is 1. The molecule has 1 aromatic heterocycles. The van der Waals surface area contributed by atoms with Crippen LogP contribution in [0, 0.1) is 17.6 Å². The maximum Gasteiger partial charge on any atom is 0.287 e. The minimum Gasteiger partial charge on any atom is -0.494 e. The number of sulfonamides is 1. The standard InChI is InChI=1S/C25H28F2N4O6S/c1-36-20-13-16(3-4-17(20)26)14-28-25(33)23-29-19-6-5-18(27)22(21(19)24(32)30-23)37-12-9-15-7-10-31(11-8-15)38(2,34)35/h3-6,13,15H,7-12,14H2,1-2H3,(H,28,33)(H,29,30,32). The number of fused-ring (bicyclic) bond motifs is 1. The second kappa shape index (κ2) is 11.4. The number of piperidine rings is 1. The van der Waals surface area contributed by atoms with Crippen LogP contribution in [0.3, 0.4) is 0 Å². The Morgan fingerprint density at radius 1 is 1.18 bits per heavy atom. The molecule has 204 valence electrons. The highest BCUT2D eigenvalue weighted by molar-refractivity contribution is 7.88. The molecule has 1 amide bonds. The van der Waals surface area contributed by atoms with Gasteiger partial charge in [0.1, 0.15) is 5.39 Å². The van der Waals surface area contributed by atoms with E-state index in [0.29, 0.717) is 37.9 Å². The molecule has 0 saturated carbocycles. The number of hydrogen-bond acceptors (Lipinski definition) is 7. The van der Waals surface area contributed by atoms with Crippen molar-refractivity contribution in [2.45, 2.75) is 25.8 Å². The molecule has 1 aliphatic heterocycles. The van der Waals surface area contributed by atoms with Crippen molar-refractivity contribution in [1.82, 2.24) is 19.6 Å². The molecule has 3 aromatic rings. The van der Waals surface area contributed by atoms with E-state index in [1.54, 1.807) is 0 Å². The van der Waals surface area contributed by atoms with Gasteiger partial charge in [0.15, 0.2) is 29.0 Å². The molecule has 4 rings (SSSR count). The molecule has 2 heterocycles. The van der Waals surface area contributed by atoms with Crippen molar-refractivity contribution < 1.29 is 31.5 Å². The summed E-state index contributed by atoms with van der Waals surface area (Å²) in [5.41, 5.74) is -0.0840. The number of carbonyl (C=O) groups excluding carboxylic acids is 1. The fourth-order valence-electron chi connectivity index (χ4n) is 4.36. The van der Waals surface area contributed by atoms with E-state index in [1.807, 2.05) is 0 Å². The Balaban J connectivity index is 1.43. The third-order valence-electron chi connectivity index (χ3n) is 6.48. The van der Waals surface area contributed by atoms with Crippen LogP contribution in [-0.2, 0) is 16.6 Å². The van der Waals surface area contributed by atoms with Crippen LogP contribution in [0.15, 0.2) is 35.1 Å². The molecule has 0 unspecified atom stereocenters. The molecule has 0 radical (unpaired) electrons. The van der Waals surface area contributed by atoms with Crippen molar-refractivity contribution in [3.8, 4) is 11.5 Å². The SMILES string of the molecule is COc1cc(CNC(=O)c2nc3ccc(F)c(OCCC4CCN(S(C)(=O)=O)CC4)c3c(=O)[nH]2)ccc1F. The monoisotopic (exact) mass is 550 g/mol. The number of aromatic nitrogens is 2. The Morgan fingerprint density at radius 2 is 1.89 bits per heavy atom. The van der Waals surface area contributed by atoms with Crippen molar-refractivity contribution in [1.29, 1.82) is 0 Å². The molecule has 0 aliphatic carbocycles. The summed E-state index contributed by atoms with van der Waals surface area (Å²) < 4.78 is 63.6. The van der Waals surface area contributed by atoms with E-state index in [0.717, 1.165) is 6.07 Å². The quantitative estimate of drug-likeness (QED) is 0.419. The normalized spacial score (nSPS) is 14.9. The molecule has 1 saturated heterocycles. The summed E-state index contributed by atoms with van der Waals surface area (Å²) in [4.78, 5) is 32.0. The van der Waals surface area contributed by atoms with E-state index in [1.165, 1.54) is 41.9 Å². The van der Waals surface area contributed by atoms with Crippen LogP contribution in [0.1, 0.15) is 35.4 Å². The Labute approximate surface area is 218 Å². The van der Waals surface area contributed by atoms with Crippen LogP contribution in [0.2, 0.25) is 0 Å². The maximum absolute atomic E-state index is 14.6. The molecular formula is C25H28F2N4O6S. The highest BCUT2D eigenvalue weighted by Crippen LogP contribution is 2.27. The van der Waals surface area contributed by atoms with E-state index in [-0.39, 0.29) is 47.3 Å². The fourth-order valence-corrected chi connectivity index (χ4v) is 5.24. The average molecular weight is 551 g/mol. The van der Waals surface area contributed by atoms with Gasteiger partial charge in [0.2, 0.25) is 10.0 Å². The highest BCUT2D eigenvalue weighted by atomic mass is 32.2. The lowest BCUT2D eigenvalue weighted by Crippen LogP contribution is -2.38. The topological polar surface area (TPSA) is 131 Å². The number of carbonyl (C=O) groups is 1. The first kappa shape index (κ1) is 27.5. The molecule has 0 atom stereocenters. The number of aromatic amines is 1. The van der Waals surface area contributed by atoms with Crippen LogP contribution < -0.4 is 20.3 Å². The predicted molar refractivity (Wildman–Crippen MR) is 136 cm³/mol. The van der Waals surface area contributed by atoms with Crippen molar-refractivity contribution >= 4 is 26.8 Å². The first-order valence-corrected chi connectivity index (χ1v) is 13.8. The minimum atomic E-state index is -3.22. The van der Waals surface area contributed by atoms with Gasteiger partial charge in [-0.3, -0.25) is 9.59 Å². The van der Waals surface area contributed by atoms with E-state index >= 15 is 0 Å². The van der Waals surface area contributed by atoms with Gasteiger partial charge in [-0.1, -0.05) is 6.07 Å². The van der Waals surface area contributed by atoms with Gasteiger partial charge >= 0.3 is 0 Å². The first-order chi connectivity index (χ1) is 18.1. The molecule has 38 heavy (non-hydrogen) atoms. The number of ether oxygens (including phenoxy) is 2. The summed E-state index contributed by atoms with van der Waals surface area (Å²) in [5.74, 6) is -2.24. The van der Waals surface area contributed by atoms with E-state index in [2.05, 4.69) is 15.3 Å². The summed E-state index contributed by atoms with van der Waals surface area (Å²) in [5, 5.41) is 2.48. The van der Waals surface area contributed by atoms with Crippen molar-refractivity contribution in [3.05, 3.63) is 63.7 Å². The molecule has 13 heteroatoms. The lowest BCUT2D eigenvalue weighted by Gasteiger charge is -2.30. The van der Waals surface area contributed by atoms with Gasteiger partial charge in [-0.2, -0.15) is 0 Å². The van der Waals surface area contributed by atoms with Gasteiger partial charge in [0.25, 0.3) is 11.5 Å². The number of benzene rings is 2. The van der Waals surface area contributed by atoms with Gasteiger partial charge in [-0.15, -0.1) is 0 Å². The molecule has 10 nitrogen and oxygen atoms in total. The van der Waals surface area contributed by atoms with Crippen LogP contribution in [-0.4, -0.2) is 61.7 Å². The zero-order valence-electron chi connectivity index (χ0n) is 20.9. The lowest BCUT2D eigenvalue weighted by atomic mass is 9.95. The number of H-pyrrole nitrogens is 1. The van der Waals surface area contributed by atoms with Gasteiger partial charge < -0.3 is 19.8 Å². The molecule has 1 fully saturated rings. The van der Waals surface area contributed by atoms with Gasteiger partial charge in [-0.05, 0) is 55.0 Å².